The lowest BCUT2D eigenvalue weighted by Crippen LogP contribution is -2.30. The van der Waals surface area contributed by atoms with Gasteiger partial charge >= 0.3 is 0 Å². The van der Waals surface area contributed by atoms with E-state index in [1.807, 2.05) is 12.3 Å². The van der Waals surface area contributed by atoms with E-state index in [1.165, 1.54) is 18.6 Å². The molecule has 0 spiro atoms. The maximum absolute atomic E-state index is 5.64. The van der Waals surface area contributed by atoms with Gasteiger partial charge in [0.1, 0.15) is 5.76 Å². The first-order chi connectivity index (χ1) is 8.40. The molecule has 0 radical (unpaired) electrons. The molecule has 0 aromatic carbocycles. The fourth-order valence-electron chi connectivity index (χ4n) is 3.55. The molecular weight excluding hydrogens is 210 g/mol. The molecule has 2 heteroatoms. The Labute approximate surface area is 103 Å². The van der Waals surface area contributed by atoms with Crippen LogP contribution < -0.4 is 5.32 Å². The van der Waals surface area contributed by atoms with Crippen LogP contribution in [-0.2, 0) is 0 Å². The molecule has 1 saturated carbocycles. The van der Waals surface area contributed by atoms with Crippen LogP contribution in [0.25, 0.3) is 0 Å². The lowest BCUT2D eigenvalue weighted by atomic mass is 9.81. The zero-order valence-electron chi connectivity index (χ0n) is 10.4. The second-order valence-corrected chi connectivity index (χ2v) is 5.36. The highest BCUT2D eigenvalue weighted by Crippen LogP contribution is 2.52. The molecule has 2 bridgehead atoms. The highest BCUT2D eigenvalue weighted by molar-refractivity contribution is 5.23. The van der Waals surface area contributed by atoms with Crippen molar-refractivity contribution < 1.29 is 4.42 Å². The normalized spacial score (nSPS) is 34.6. The van der Waals surface area contributed by atoms with Crippen LogP contribution >= 0.6 is 0 Å². The SMILES string of the molecule is CCCNCC1C2C=CC(C2)C1c1ccco1. The maximum Gasteiger partial charge on any atom is 0.107 e. The van der Waals surface area contributed by atoms with E-state index in [0.29, 0.717) is 11.8 Å². The van der Waals surface area contributed by atoms with E-state index in [-0.39, 0.29) is 0 Å². The molecule has 2 aliphatic carbocycles. The molecule has 1 fully saturated rings. The molecule has 2 nitrogen and oxygen atoms in total. The quantitative estimate of drug-likeness (QED) is 0.622. The number of hydrogen-bond donors (Lipinski definition) is 1. The van der Waals surface area contributed by atoms with Crippen molar-refractivity contribution in [1.82, 2.24) is 5.32 Å². The second kappa shape index (κ2) is 4.69. The molecule has 1 aromatic rings. The van der Waals surface area contributed by atoms with Crippen LogP contribution in [0.15, 0.2) is 35.0 Å². The third kappa shape index (κ3) is 1.95. The minimum Gasteiger partial charge on any atom is -0.469 e. The fourth-order valence-corrected chi connectivity index (χ4v) is 3.55. The van der Waals surface area contributed by atoms with Crippen molar-refractivity contribution in [2.75, 3.05) is 13.1 Å². The van der Waals surface area contributed by atoms with E-state index < -0.39 is 0 Å². The van der Waals surface area contributed by atoms with Gasteiger partial charge in [-0.3, -0.25) is 0 Å². The van der Waals surface area contributed by atoms with E-state index in [9.17, 15) is 0 Å². The Morgan fingerprint density at radius 2 is 2.24 bits per heavy atom. The van der Waals surface area contributed by atoms with Gasteiger partial charge in [0.2, 0.25) is 0 Å². The Hall–Kier alpha value is -1.02. The van der Waals surface area contributed by atoms with Crippen molar-refractivity contribution in [2.45, 2.75) is 25.7 Å². The van der Waals surface area contributed by atoms with Gasteiger partial charge in [-0.15, -0.1) is 0 Å². The lowest BCUT2D eigenvalue weighted by molar-refractivity contribution is 0.326. The smallest absolute Gasteiger partial charge is 0.107 e. The number of nitrogens with one attached hydrogen (secondary N) is 1. The van der Waals surface area contributed by atoms with Gasteiger partial charge in [-0.05, 0) is 55.8 Å². The summed E-state index contributed by atoms with van der Waals surface area (Å²) in [5.74, 6) is 3.98. The van der Waals surface area contributed by atoms with Gasteiger partial charge in [0.05, 0.1) is 6.26 Å². The van der Waals surface area contributed by atoms with Crippen molar-refractivity contribution in [2.24, 2.45) is 17.8 Å². The van der Waals surface area contributed by atoms with Crippen molar-refractivity contribution in [3.05, 3.63) is 36.3 Å². The molecule has 1 N–H and O–H groups in total. The van der Waals surface area contributed by atoms with Crippen LogP contribution in [0, 0.1) is 17.8 Å². The second-order valence-electron chi connectivity index (χ2n) is 5.36. The topological polar surface area (TPSA) is 25.2 Å². The average Bonchev–Trinajstić information content (AvgIpc) is 3.05. The summed E-state index contributed by atoms with van der Waals surface area (Å²) in [6, 6.07) is 4.16. The van der Waals surface area contributed by atoms with Crippen LogP contribution in [-0.4, -0.2) is 13.1 Å². The summed E-state index contributed by atoms with van der Waals surface area (Å²) in [5.41, 5.74) is 0. The number of furan rings is 1. The molecule has 2 aliphatic rings. The van der Waals surface area contributed by atoms with Gasteiger partial charge in [0.15, 0.2) is 0 Å². The number of rotatable bonds is 5. The highest BCUT2D eigenvalue weighted by Gasteiger charge is 2.45. The molecule has 3 rings (SSSR count). The Morgan fingerprint density at radius 1 is 1.35 bits per heavy atom. The van der Waals surface area contributed by atoms with Crippen LogP contribution in [0.5, 0.6) is 0 Å². The zero-order valence-corrected chi connectivity index (χ0v) is 10.4. The van der Waals surface area contributed by atoms with E-state index in [4.69, 9.17) is 4.42 Å². The average molecular weight is 231 g/mol. The lowest BCUT2D eigenvalue weighted by Gasteiger charge is -2.26. The summed E-state index contributed by atoms with van der Waals surface area (Å²) in [4.78, 5) is 0. The van der Waals surface area contributed by atoms with Crippen molar-refractivity contribution in [1.29, 1.82) is 0 Å². The number of fused-ring (bicyclic) bond motifs is 2. The van der Waals surface area contributed by atoms with Crippen LogP contribution in [0.4, 0.5) is 0 Å². The molecule has 17 heavy (non-hydrogen) atoms. The van der Waals surface area contributed by atoms with Gasteiger partial charge in [-0.2, -0.15) is 0 Å². The molecule has 4 unspecified atom stereocenters. The van der Waals surface area contributed by atoms with Gasteiger partial charge in [-0.1, -0.05) is 19.1 Å². The summed E-state index contributed by atoms with van der Waals surface area (Å²) in [6.45, 7) is 4.48. The predicted octanol–water partition coefficient (Wildman–Crippen LogP) is 3.18. The van der Waals surface area contributed by atoms with Crippen molar-refractivity contribution in [3.8, 4) is 0 Å². The van der Waals surface area contributed by atoms with Crippen LogP contribution in [0.1, 0.15) is 31.4 Å². The molecule has 0 amide bonds. The first kappa shape index (κ1) is 11.1. The summed E-state index contributed by atoms with van der Waals surface area (Å²) in [6.07, 6.45) is 9.16. The minimum absolute atomic E-state index is 0.601. The Balaban J connectivity index is 1.74. The molecule has 1 heterocycles. The van der Waals surface area contributed by atoms with Gasteiger partial charge in [-0.25, -0.2) is 0 Å². The van der Waals surface area contributed by atoms with E-state index in [0.717, 1.165) is 24.9 Å². The highest BCUT2D eigenvalue weighted by atomic mass is 16.3. The third-order valence-electron chi connectivity index (χ3n) is 4.30. The summed E-state index contributed by atoms with van der Waals surface area (Å²) >= 11 is 0. The molecule has 0 saturated heterocycles. The fraction of sp³-hybridized carbons (Fsp3) is 0.600. The summed E-state index contributed by atoms with van der Waals surface area (Å²) in [7, 11) is 0. The Kier molecular flexibility index (Phi) is 3.06. The van der Waals surface area contributed by atoms with Crippen molar-refractivity contribution in [3.63, 3.8) is 0 Å². The Morgan fingerprint density at radius 3 is 3.00 bits per heavy atom. The zero-order chi connectivity index (χ0) is 11.7. The number of hydrogen-bond acceptors (Lipinski definition) is 2. The first-order valence-corrected chi connectivity index (χ1v) is 6.82. The molecule has 92 valence electrons. The summed E-state index contributed by atoms with van der Waals surface area (Å²) < 4.78 is 5.64. The Bertz CT molecular complexity index is 382. The van der Waals surface area contributed by atoms with E-state index in [2.05, 4.69) is 30.5 Å². The van der Waals surface area contributed by atoms with Crippen molar-refractivity contribution >= 4 is 0 Å². The summed E-state index contributed by atoms with van der Waals surface area (Å²) in [5, 5.41) is 3.58. The minimum atomic E-state index is 0.601. The van der Waals surface area contributed by atoms with E-state index in [1.54, 1.807) is 0 Å². The molecule has 1 aromatic heterocycles. The van der Waals surface area contributed by atoms with E-state index >= 15 is 0 Å². The predicted molar refractivity (Wildman–Crippen MR) is 68.8 cm³/mol. The van der Waals surface area contributed by atoms with Gasteiger partial charge in [0.25, 0.3) is 0 Å². The van der Waals surface area contributed by atoms with Gasteiger partial charge < -0.3 is 9.73 Å². The number of allylic oxidation sites excluding steroid dienone is 2. The molecule has 4 atom stereocenters. The maximum atomic E-state index is 5.64. The first-order valence-electron chi connectivity index (χ1n) is 6.82. The largest absolute Gasteiger partial charge is 0.469 e. The molecule has 0 aliphatic heterocycles. The van der Waals surface area contributed by atoms with Crippen LogP contribution in [0.3, 0.4) is 0 Å². The molecular formula is C15H21NO. The van der Waals surface area contributed by atoms with Crippen LogP contribution in [0.2, 0.25) is 0 Å². The standard InChI is InChI=1S/C15H21NO/c1-2-7-16-10-13-11-5-6-12(9-11)15(13)14-4-3-8-17-14/h3-6,8,11-13,15-16H,2,7,9-10H2,1H3. The monoisotopic (exact) mass is 231 g/mol. The third-order valence-corrected chi connectivity index (χ3v) is 4.30. The van der Waals surface area contributed by atoms with Gasteiger partial charge in [0, 0.05) is 5.92 Å².